The van der Waals surface area contributed by atoms with E-state index < -0.39 is 9.84 Å². The second kappa shape index (κ2) is 5.48. The van der Waals surface area contributed by atoms with E-state index in [0.29, 0.717) is 6.42 Å². The average Bonchev–Trinajstić information content (AvgIpc) is 2.25. The molecule has 0 radical (unpaired) electrons. The van der Waals surface area contributed by atoms with Crippen molar-refractivity contribution in [3.63, 3.8) is 0 Å². The fraction of sp³-hybridized carbons (Fsp3) is 0.538. The summed E-state index contributed by atoms with van der Waals surface area (Å²) in [5, 5.41) is -0.264. The Labute approximate surface area is 98.6 Å². The van der Waals surface area contributed by atoms with Crippen LogP contribution in [-0.4, -0.2) is 19.9 Å². The van der Waals surface area contributed by atoms with E-state index in [-0.39, 0.29) is 11.2 Å². The molecule has 1 aromatic rings. The van der Waals surface area contributed by atoms with E-state index >= 15 is 0 Å². The van der Waals surface area contributed by atoms with Gasteiger partial charge < -0.3 is 0 Å². The summed E-state index contributed by atoms with van der Waals surface area (Å²) in [5.41, 5.74) is 1.13. The minimum Gasteiger partial charge on any atom is -0.229 e. The molecule has 3 heteroatoms. The highest BCUT2D eigenvalue weighted by Crippen LogP contribution is 2.29. The predicted molar refractivity (Wildman–Crippen MR) is 68.4 cm³/mol. The van der Waals surface area contributed by atoms with Gasteiger partial charge in [0.1, 0.15) is 0 Å². The van der Waals surface area contributed by atoms with E-state index in [0.717, 1.165) is 12.0 Å². The van der Waals surface area contributed by atoms with Crippen molar-refractivity contribution in [2.75, 3.05) is 6.26 Å². The lowest BCUT2D eigenvalue weighted by molar-refractivity contribution is 0.539. The fourth-order valence-corrected chi connectivity index (χ4v) is 3.85. The van der Waals surface area contributed by atoms with Gasteiger partial charge in [0.25, 0.3) is 0 Å². The van der Waals surface area contributed by atoms with Crippen LogP contribution in [0, 0.1) is 0 Å². The summed E-state index contributed by atoms with van der Waals surface area (Å²) >= 11 is 0. The Kier molecular flexibility index (Phi) is 4.54. The highest BCUT2D eigenvalue weighted by atomic mass is 32.2. The van der Waals surface area contributed by atoms with Gasteiger partial charge in [-0.25, -0.2) is 8.42 Å². The van der Waals surface area contributed by atoms with Gasteiger partial charge in [0.2, 0.25) is 0 Å². The third-order valence-electron chi connectivity index (χ3n) is 3.07. The SMILES string of the molecule is CCC(c1ccccc1)C(CC)S(C)(=O)=O. The maximum Gasteiger partial charge on any atom is 0.150 e. The highest BCUT2D eigenvalue weighted by molar-refractivity contribution is 7.91. The average molecular weight is 240 g/mol. The Morgan fingerprint density at radius 1 is 1.06 bits per heavy atom. The summed E-state index contributed by atoms with van der Waals surface area (Å²) in [7, 11) is -2.97. The largest absolute Gasteiger partial charge is 0.229 e. The molecular weight excluding hydrogens is 220 g/mol. The second-order valence-electron chi connectivity index (χ2n) is 4.20. The van der Waals surface area contributed by atoms with Crippen LogP contribution < -0.4 is 0 Å². The standard InChI is InChI=1S/C13H20O2S/c1-4-12(11-9-7-6-8-10-11)13(5-2)16(3,14)15/h6-10,12-13H,4-5H2,1-3H3. The molecule has 16 heavy (non-hydrogen) atoms. The van der Waals surface area contributed by atoms with Crippen molar-refractivity contribution in [1.82, 2.24) is 0 Å². The summed E-state index contributed by atoms with van der Waals surface area (Å²) in [6.07, 6.45) is 2.87. The molecule has 0 aromatic heterocycles. The van der Waals surface area contributed by atoms with Gasteiger partial charge in [-0.15, -0.1) is 0 Å². The second-order valence-corrected chi connectivity index (χ2v) is 6.47. The van der Waals surface area contributed by atoms with Crippen LogP contribution in [0.2, 0.25) is 0 Å². The molecule has 0 saturated heterocycles. The van der Waals surface area contributed by atoms with Crippen molar-refractivity contribution >= 4 is 9.84 Å². The van der Waals surface area contributed by atoms with E-state index in [1.807, 2.05) is 44.2 Å². The summed E-state index contributed by atoms with van der Waals surface area (Å²) in [5.74, 6) is 0.112. The predicted octanol–water partition coefficient (Wildman–Crippen LogP) is 3.00. The molecule has 90 valence electrons. The van der Waals surface area contributed by atoms with Gasteiger partial charge >= 0.3 is 0 Å². The first-order chi connectivity index (χ1) is 7.50. The molecule has 2 nitrogen and oxygen atoms in total. The molecule has 0 spiro atoms. The number of rotatable bonds is 5. The van der Waals surface area contributed by atoms with Crippen LogP contribution in [0.3, 0.4) is 0 Å². The third-order valence-corrected chi connectivity index (χ3v) is 4.83. The maximum atomic E-state index is 11.7. The van der Waals surface area contributed by atoms with Gasteiger partial charge in [0.05, 0.1) is 5.25 Å². The summed E-state index contributed by atoms with van der Waals surface area (Å²) < 4.78 is 23.5. The first-order valence-corrected chi connectivity index (χ1v) is 7.70. The molecule has 0 bridgehead atoms. The molecular formula is C13H20O2S. The lowest BCUT2D eigenvalue weighted by Gasteiger charge is -2.24. The minimum atomic E-state index is -2.97. The quantitative estimate of drug-likeness (QED) is 0.793. The van der Waals surface area contributed by atoms with Crippen molar-refractivity contribution in [3.05, 3.63) is 35.9 Å². The van der Waals surface area contributed by atoms with Crippen LogP contribution in [0.4, 0.5) is 0 Å². The molecule has 0 heterocycles. The molecule has 2 atom stereocenters. The van der Waals surface area contributed by atoms with Crippen LogP contribution in [0.25, 0.3) is 0 Å². The Morgan fingerprint density at radius 2 is 1.62 bits per heavy atom. The van der Waals surface area contributed by atoms with Crippen LogP contribution >= 0.6 is 0 Å². The van der Waals surface area contributed by atoms with Crippen molar-refractivity contribution in [2.45, 2.75) is 37.9 Å². The van der Waals surface area contributed by atoms with E-state index in [2.05, 4.69) is 0 Å². The molecule has 0 aliphatic rings. The molecule has 1 rings (SSSR count). The number of hydrogen-bond donors (Lipinski definition) is 0. The Balaban J connectivity index is 3.07. The zero-order valence-corrected chi connectivity index (χ0v) is 11.0. The monoisotopic (exact) mass is 240 g/mol. The van der Waals surface area contributed by atoms with Gasteiger partial charge in [-0.3, -0.25) is 0 Å². The van der Waals surface area contributed by atoms with Gasteiger partial charge in [0, 0.05) is 12.2 Å². The Bertz CT molecular complexity index is 409. The van der Waals surface area contributed by atoms with Gasteiger partial charge in [0.15, 0.2) is 9.84 Å². The van der Waals surface area contributed by atoms with Crippen LogP contribution in [-0.2, 0) is 9.84 Å². The lowest BCUT2D eigenvalue weighted by Crippen LogP contribution is -2.26. The minimum absolute atomic E-state index is 0.112. The summed E-state index contributed by atoms with van der Waals surface area (Å²) in [6, 6.07) is 9.92. The number of sulfone groups is 1. The van der Waals surface area contributed by atoms with E-state index in [9.17, 15) is 8.42 Å². The zero-order valence-electron chi connectivity index (χ0n) is 10.2. The molecule has 1 aromatic carbocycles. The molecule has 0 fully saturated rings. The summed E-state index contributed by atoms with van der Waals surface area (Å²) in [4.78, 5) is 0. The van der Waals surface area contributed by atoms with Crippen molar-refractivity contribution in [1.29, 1.82) is 0 Å². The molecule has 2 unspecified atom stereocenters. The zero-order chi connectivity index (χ0) is 12.2. The lowest BCUT2D eigenvalue weighted by atomic mass is 9.92. The fourth-order valence-electron chi connectivity index (χ4n) is 2.30. The van der Waals surface area contributed by atoms with Gasteiger partial charge in [-0.2, -0.15) is 0 Å². The molecule has 0 N–H and O–H groups in total. The summed E-state index contributed by atoms with van der Waals surface area (Å²) in [6.45, 7) is 3.99. The Hall–Kier alpha value is -0.830. The highest BCUT2D eigenvalue weighted by Gasteiger charge is 2.28. The van der Waals surface area contributed by atoms with Crippen LogP contribution in [0.5, 0.6) is 0 Å². The van der Waals surface area contributed by atoms with E-state index in [1.54, 1.807) is 0 Å². The number of hydrogen-bond acceptors (Lipinski definition) is 2. The van der Waals surface area contributed by atoms with Crippen LogP contribution in [0.1, 0.15) is 38.2 Å². The van der Waals surface area contributed by atoms with Gasteiger partial charge in [-0.1, -0.05) is 44.2 Å². The number of benzene rings is 1. The maximum absolute atomic E-state index is 11.7. The smallest absolute Gasteiger partial charge is 0.150 e. The third kappa shape index (κ3) is 3.08. The molecule has 0 amide bonds. The van der Waals surface area contributed by atoms with Crippen molar-refractivity contribution < 1.29 is 8.42 Å². The van der Waals surface area contributed by atoms with E-state index in [4.69, 9.17) is 0 Å². The first-order valence-electron chi connectivity index (χ1n) is 5.74. The van der Waals surface area contributed by atoms with Crippen LogP contribution in [0.15, 0.2) is 30.3 Å². The molecule has 0 aliphatic carbocycles. The molecule has 0 aliphatic heterocycles. The molecule has 0 saturated carbocycles. The first kappa shape index (κ1) is 13.2. The van der Waals surface area contributed by atoms with Gasteiger partial charge in [-0.05, 0) is 18.4 Å². The van der Waals surface area contributed by atoms with Crippen molar-refractivity contribution in [2.24, 2.45) is 0 Å². The van der Waals surface area contributed by atoms with E-state index in [1.165, 1.54) is 6.26 Å². The normalized spacial score (nSPS) is 15.7. The topological polar surface area (TPSA) is 34.1 Å². The Morgan fingerprint density at radius 3 is 2.00 bits per heavy atom. The van der Waals surface area contributed by atoms with Crippen molar-refractivity contribution in [3.8, 4) is 0 Å².